The highest BCUT2D eigenvalue weighted by Gasteiger charge is 2.27. The van der Waals surface area contributed by atoms with Crippen molar-refractivity contribution in [1.29, 1.82) is 0 Å². The summed E-state index contributed by atoms with van der Waals surface area (Å²) in [7, 11) is 2.23. The first-order chi connectivity index (χ1) is 7.50. The second kappa shape index (κ2) is 8.08. The lowest BCUT2D eigenvalue weighted by atomic mass is 9.91. The lowest BCUT2D eigenvalue weighted by Gasteiger charge is -2.39. The van der Waals surface area contributed by atoms with Crippen LogP contribution in [0.15, 0.2) is 0 Å². The Kier molecular flexibility index (Phi) is 8.04. The predicted molar refractivity (Wildman–Crippen MR) is 73.7 cm³/mol. The Balaban J connectivity index is 4.19. The van der Waals surface area contributed by atoms with Crippen LogP contribution in [0.25, 0.3) is 0 Å². The highest BCUT2D eigenvalue weighted by Crippen LogP contribution is 2.21. The van der Waals surface area contributed by atoms with Gasteiger partial charge in [-0.15, -0.1) is 0 Å². The summed E-state index contributed by atoms with van der Waals surface area (Å²) in [5.74, 6) is 0.766. The molecule has 16 heavy (non-hydrogen) atoms. The monoisotopic (exact) mass is 228 g/mol. The van der Waals surface area contributed by atoms with Crippen LogP contribution >= 0.6 is 0 Å². The van der Waals surface area contributed by atoms with E-state index in [0.717, 1.165) is 19.0 Å². The van der Waals surface area contributed by atoms with Crippen LogP contribution in [0.4, 0.5) is 0 Å². The van der Waals surface area contributed by atoms with E-state index in [1.807, 2.05) is 0 Å². The number of rotatable bonds is 9. The van der Waals surface area contributed by atoms with Crippen molar-refractivity contribution in [3.63, 3.8) is 0 Å². The molecule has 2 nitrogen and oxygen atoms in total. The fourth-order valence-corrected chi connectivity index (χ4v) is 2.02. The molecule has 0 aliphatic rings. The van der Waals surface area contributed by atoms with Gasteiger partial charge in [0.25, 0.3) is 0 Å². The standard InChI is InChI=1S/C14H32N2/c1-6-8-9-10-14(4,12-15)16(5)11-13(3)7-2/h13H,6-12,15H2,1-5H3. The van der Waals surface area contributed by atoms with Gasteiger partial charge in [-0.2, -0.15) is 0 Å². The van der Waals surface area contributed by atoms with Crippen molar-refractivity contribution in [3.8, 4) is 0 Å². The summed E-state index contributed by atoms with van der Waals surface area (Å²) in [5, 5.41) is 0. The fraction of sp³-hybridized carbons (Fsp3) is 1.00. The molecule has 0 saturated carbocycles. The van der Waals surface area contributed by atoms with Gasteiger partial charge in [0, 0.05) is 18.6 Å². The van der Waals surface area contributed by atoms with Gasteiger partial charge in [0.05, 0.1) is 0 Å². The van der Waals surface area contributed by atoms with Crippen LogP contribution in [-0.2, 0) is 0 Å². The van der Waals surface area contributed by atoms with Gasteiger partial charge in [-0.3, -0.25) is 4.90 Å². The summed E-state index contributed by atoms with van der Waals surface area (Å²) < 4.78 is 0. The summed E-state index contributed by atoms with van der Waals surface area (Å²) in [4.78, 5) is 2.47. The highest BCUT2D eigenvalue weighted by atomic mass is 15.2. The van der Waals surface area contributed by atoms with Crippen molar-refractivity contribution >= 4 is 0 Å². The molecule has 2 heteroatoms. The number of nitrogens with two attached hydrogens (primary N) is 1. The Hall–Kier alpha value is -0.0800. The van der Waals surface area contributed by atoms with Gasteiger partial charge in [0.15, 0.2) is 0 Å². The molecule has 0 rings (SSSR count). The average Bonchev–Trinajstić information content (AvgIpc) is 2.28. The van der Waals surface area contributed by atoms with Crippen molar-refractivity contribution in [2.75, 3.05) is 20.1 Å². The average molecular weight is 228 g/mol. The van der Waals surface area contributed by atoms with E-state index < -0.39 is 0 Å². The molecule has 2 atom stereocenters. The largest absolute Gasteiger partial charge is 0.329 e. The number of nitrogens with zero attached hydrogens (tertiary/aromatic N) is 1. The van der Waals surface area contributed by atoms with Crippen LogP contribution in [0, 0.1) is 5.92 Å². The second-order valence-corrected chi connectivity index (χ2v) is 5.55. The minimum Gasteiger partial charge on any atom is -0.329 e. The van der Waals surface area contributed by atoms with E-state index in [2.05, 4.69) is 39.6 Å². The van der Waals surface area contributed by atoms with Crippen molar-refractivity contribution < 1.29 is 0 Å². The Morgan fingerprint density at radius 3 is 2.31 bits per heavy atom. The molecule has 0 radical (unpaired) electrons. The maximum absolute atomic E-state index is 5.97. The molecule has 0 aromatic carbocycles. The molecule has 0 bridgehead atoms. The van der Waals surface area contributed by atoms with E-state index in [0.29, 0.717) is 0 Å². The van der Waals surface area contributed by atoms with Gasteiger partial charge in [0.1, 0.15) is 0 Å². The Morgan fingerprint density at radius 1 is 1.25 bits per heavy atom. The van der Waals surface area contributed by atoms with Gasteiger partial charge in [-0.25, -0.2) is 0 Å². The van der Waals surface area contributed by atoms with E-state index in [4.69, 9.17) is 5.73 Å². The van der Waals surface area contributed by atoms with Crippen LogP contribution in [-0.4, -0.2) is 30.6 Å². The number of likely N-dealkylation sites (N-methyl/N-ethyl adjacent to an activating group) is 1. The van der Waals surface area contributed by atoms with Gasteiger partial charge in [-0.1, -0.05) is 46.5 Å². The van der Waals surface area contributed by atoms with E-state index in [9.17, 15) is 0 Å². The summed E-state index contributed by atoms with van der Waals surface area (Å²) in [6.07, 6.45) is 6.39. The molecule has 0 aromatic heterocycles. The van der Waals surface area contributed by atoms with E-state index in [-0.39, 0.29) is 5.54 Å². The van der Waals surface area contributed by atoms with Crippen LogP contribution in [0.1, 0.15) is 59.8 Å². The van der Waals surface area contributed by atoms with Gasteiger partial charge in [-0.05, 0) is 26.3 Å². The van der Waals surface area contributed by atoms with Crippen LogP contribution in [0.2, 0.25) is 0 Å². The second-order valence-electron chi connectivity index (χ2n) is 5.55. The Morgan fingerprint density at radius 2 is 1.88 bits per heavy atom. The molecule has 0 aromatic rings. The van der Waals surface area contributed by atoms with E-state index in [1.54, 1.807) is 0 Å². The maximum Gasteiger partial charge on any atom is 0.0300 e. The zero-order chi connectivity index (χ0) is 12.6. The third-order valence-electron chi connectivity index (χ3n) is 3.96. The third-order valence-corrected chi connectivity index (χ3v) is 3.96. The molecule has 0 spiro atoms. The minimum absolute atomic E-state index is 0.193. The molecule has 0 fully saturated rings. The van der Waals surface area contributed by atoms with Gasteiger partial charge >= 0.3 is 0 Å². The minimum atomic E-state index is 0.193. The molecular weight excluding hydrogens is 196 g/mol. The van der Waals surface area contributed by atoms with E-state index >= 15 is 0 Å². The summed E-state index contributed by atoms with van der Waals surface area (Å²) in [5.41, 5.74) is 6.16. The number of unbranched alkanes of at least 4 members (excludes halogenated alkanes) is 2. The molecule has 0 amide bonds. The van der Waals surface area contributed by atoms with Crippen molar-refractivity contribution in [2.24, 2.45) is 11.7 Å². The van der Waals surface area contributed by atoms with Crippen LogP contribution in [0.3, 0.4) is 0 Å². The first-order valence-corrected chi connectivity index (χ1v) is 6.91. The SMILES string of the molecule is CCCCCC(C)(CN)N(C)CC(C)CC. The Labute approximate surface area is 103 Å². The number of hydrogen-bond donors (Lipinski definition) is 1. The fourth-order valence-electron chi connectivity index (χ4n) is 2.02. The molecular formula is C14H32N2. The first kappa shape index (κ1) is 15.9. The zero-order valence-electron chi connectivity index (χ0n) is 12.1. The molecule has 98 valence electrons. The van der Waals surface area contributed by atoms with Crippen molar-refractivity contribution in [1.82, 2.24) is 4.90 Å². The topological polar surface area (TPSA) is 29.3 Å². The number of hydrogen-bond acceptors (Lipinski definition) is 2. The molecule has 2 N–H and O–H groups in total. The lowest BCUT2D eigenvalue weighted by molar-refractivity contribution is 0.112. The maximum atomic E-state index is 5.97. The lowest BCUT2D eigenvalue weighted by Crippen LogP contribution is -2.51. The highest BCUT2D eigenvalue weighted by molar-refractivity contribution is 4.86. The molecule has 0 aliphatic carbocycles. The Bertz CT molecular complexity index is 170. The first-order valence-electron chi connectivity index (χ1n) is 6.91. The van der Waals surface area contributed by atoms with Gasteiger partial charge < -0.3 is 5.73 Å². The smallest absolute Gasteiger partial charge is 0.0300 e. The zero-order valence-corrected chi connectivity index (χ0v) is 12.1. The molecule has 0 heterocycles. The quantitative estimate of drug-likeness (QED) is 0.614. The van der Waals surface area contributed by atoms with Crippen molar-refractivity contribution in [2.45, 2.75) is 65.3 Å². The molecule has 0 aliphatic heterocycles. The molecule has 2 unspecified atom stereocenters. The van der Waals surface area contributed by atoms with E-state index in [1.165, 1.54) is 32.1 Å². The summed E-state index contributed by atoms with van der Waals surface area (Å²) in [6, 6.07) is 0. The van der Waals surface area contributed by atoms with Crippen LogP contribution in [0.5, 0.6) is 0 Å². The third kappa shape index (κ3) is 5.31. The summed E-state index contributed by atoms with van der Waals surface area (Å²) in [6.45, 7) is 11.1. The van der Waals surface area contributed by atoms with Crippen molar-refractivity contribution in [3.05, 3.63) is 0 Å². The normalized spacial score (nSPS) is 17.4. The van der Waals surface area contributed by atoms with Gasteiger partial charge in [0.2, 0.25) is 0 Å². The summed E-state index contributed by atoms with van der Waals surface area (Å²) >= 11 is 0. The van der Waals surface area contributed by atoms with Crippen LogP contribution < -0.4 is 5.73 Å². The predicted octanol–water partition coefficient (Wildman–Crippen LogP) is 3.26. The molecule has 0 saturated heterocycles.